The zero-order valence-electron chi connectivity index (χ0n) is 17.6. The molecule has 1 saturated heterocycles. The van der Waals surface area contributed by atoms with E-state index in [1.807, 2.05) is 43.6 Å². The maximum Gasteiger partial charge on any atom is 0.314 e. The number of esters is 1. The molecule has 1 aliphatic rings. The van der Waals surface area contributed by atoms with Crippen LogP contribution >= 0.6 is 0 Å². The number of nitrogens with zero attached hydrogens (tertiary/aromatic N) is 3. The van der Waals surface area contributed by atoms with Gasteiger partial charge in [0, 0.05) is 38.0 Å². The minimum atomic E-state index is -0.749. The van der Waals surface area contributed by atoms with Crippen LogP contribution in [-0.2, 0) is 21.4 Å². The highest BCUT2D eigenvalue weighted by molar-refractivity contribution is 5.92. The second-order valence-electron chi connectivity index (χ2n) is 7.56. The van der Waals surface area contributed by atoms with Crippen LogP contribution in [0.25, 0.3) is 6.08 Å². The number of piperidine rings is 1. The van der Waals surface area contributed by atoms with Crippen LogP contribution in [0.1, 0.15) is 31.7 Å². The van der Waals surface area contributed by atoms with E-state index >= 15 is 0 Å². The molecular weight excluding hydrogens is 382 g/mol. The van der Waals surface area contributed by atoms with E-state index in [-0.39, 0.29) is 11.9 Å². The van der Waals surface area contributed by atoms with Gasteiger partial charge in [-0.15, -0.1) is 0 Å². The standard InChI is InChI=1S/C23H29N3O4/c1-3-29-22(28)23(13-15-30-20-8-5-4-6-9-20)12-7-14-26(18-23)21(27)11-10-19-16-24-25(2)17-19/h4-6,8-11,16-17H,3,7,12-15,18H2,1-2H3/b11-10+/t23-/m1/s1. The molecule has 1 fully saturated rings. The summed E-state index contributed by atoms with van der Waals surface area (Å²) < 4.78 is 12.9. The SMILES string of the molecule is CCOC(=O)[C@@]1(CCOc2ccccc2)CCCN(C(=O)/C=C/c2cnn(C)c2)C1. The third-order valence-electron chi connectivity index (χ3n) is 5.33. The van der Waals surface area contributed by atoms with Gasteiger partial charge >= 0.3 is 5.97 Å². The predicted octanol–water partition coefficient (Wildman–Crippen LogP) is 3.07. The summed E-state index contributed by atoms with van der Waals surface area (Å²) in [6.07, 6.45) is 8.74. The Bertz CT molecular complexity index is 878. The van der Waals surface area contributed by atoms with E-state index in [0.29, 0.717) is 39.1 Å². The van der Waals surface area contributed by atoms with Gasteiger partial charge in [-0.1, -0.05) is 18.2 Å². The first-order valence-electron chi connectivity index (χ1n) is 10.3. The highest BCUT2D eigenvalue weighted by Gasteiger charge is 2.44. The lowest BCUT2D eigenvalue weighted by molar-refractivity contribution is -0.161. The van der Waals surface area contributed by atoms with Gasteiger partial charge in [-0.2, -0.15) is 5.10 Å². The minimum absolute atomic E-state index is 0.115. The van der Waals surface area contributed by atoms with E-state index in [1.54, 1.807) is 34.9 Å². The van der Waals surface area contributed by atoms with Crippen LogP contribution in [0.2, 0.25) is 0 Å². The van der Waals surface area contributed by atoms with E-state index in [2.05, 4.69) is 5.10 Å². The van der Waals surface area contributed by atoms with Crippen molar-refractivity contribution in [1.29, 1.82) is 0 Å². The average molecular weight is 412 g/mol. The lowest BCUT2D eigenvalue weighted by Gasteiger charge is -2.40. The van der Waals surface area contributed by atoms with Crippen LogP contribution < -0.4 is 4.74 Å². The molecule has 3 rings (SSSR count). The van der Waals surface area contributed by atoms with Crippen molar-refractivity contribution < 1.29 is 19.1 Å². The first-order chi connectivity index (χ1) is 14.5. The van der Waals surface area contributed by atoms with Crippen LogP contribution in [0.4, 0.5) is 0 Å². The van der Waals surface area contributed by atoms with Gasteiger partial charge in [-0.05, 0) is 44.4 Å². The van der Waals surface area contributed by atoms with Crippen molar-refractivity contribution in [3.05, 3.63) is 54.4 Å². The third kappa shape index (κ3) is 5.49. The van der Waals surface area contributed by atoms with E-state index in [0.717, 1.165) is 17.7 Å². The number of benzene rings is 1. The highest BCUT2D eigenvalue weighted by Crippen LogP contribution is 2.35. The molecule has 2 aromatic rings. The number of aromatic nitrogens is 2. The number of rotatable bonds is 8. The van der Waals surface area contributed by atoms with Crippen LogP contribution in [0.5, 0.6) is 5.75 Å². The molecule has 0 radical (unpaired) electrons. The molecule has 1 aliphatic heterocycles. The number of para-hydroxylation sites is 1. The number of aryl methyl sites for hydroxylation is 1. The number of carbonyl (C=O) groups excluding carboxylic acids is 2. The Balaban J connectivity index is 1.67. The summed E-state index contributed by atoms with van der Waals surface area (Å²) in [7, 11) is 1.83. The molecule has 160 valence electrons. The normalized spacial score (nSPS) is 19.1. The van der Waals surface area contributed by atoms with Gasteiger partial charge in [0.05, 0.1) is 24.8 Å². The molecule has 0 saturated carbocycles. The van der Waals surface area contributed by atoms with E-state index in [4.69, 9.17) is 9.47 Å². The second kappa shape index (κ2) is 10.1. The number of amides is 1. The quantitative estimate of drug-likeness (QED) is 0.493. The Morgan fingerprint density at radius 2 is 2.07 bits per heavy atom. The van der Waals surface area contributed by atoms with Crippen molar-refractivity contribution in [2.75, 3.05) is 26.3 Å². The van der Waals surface area contributed by atoms with Gasteiger partial charge in [0.1, 0.15) is 5.75 Å². The summed E-state index contributed by atoms with van der Waals surface area (Å²) in [5.74, 6) is 0.395. The molecule has 1 aromatic heterocycles. The van der Waals surface area contributed by atoms with E-state index in [9.17, 15) is 9.59 Å². The van der Waals surface area contributed by atoms with Crippen molar-refractivity contribution in [3.63, 3.8) is 0 Å². The van der Waals surface area contributed by atoms with Gasteiger partial charge in [-0.25, -0.2) is 0 Å². The fourth-order valence-corrected chi connectivity index (χ4v) is 3.76. The fourth-order valence-electron chi connectivity index (χ4n) is 3.76. The lowest BCUT2D eigenvalue weighted by atomic mass is 9.77. The van der Waals surface area contributed by atoms with Gasteiger partial charge in [-0.3, -0.25) is 14.3 Å². The summed E-state index contributed by atoms with van der Waals surface area (Å²) in [5.41, 5.74) is 0.108. The largest absolute Gasteiger partial charge is 0.494 e. The van der Waals surface area contributed by atoms with Crippen molar-refractivity contribution in [3.8, 4) is 5.75 Å². The van der Waals surface area contributed by atoms with E-state index < -0.39 is 5.41 Å². The number of ether oxygens (including phenoxy) is 2. The Morgan fingerprint density at radius 1 is 1.27 bits per heavy atom. The number of hydrogen-bond acceptors (Lipinski definition) is 5. The second-order valence-corrected chi connectivity index (χ2v) is 7.56. The maximum atomic E-state index is 12.9. The van der Waals surface area contributed by atoms with Gasteiger partial charge < -0.3 is 14.4 Å². The summed E-state index contributed by atoms with van der Waals surface area (Å²) >= 11 is 0. The summed E-state index contributed by atoms with van der Waals surface area (Å²) in [6.45, 7) is 3.46. The Hall–Kier alpha value is -3.09. The number of likely N-dealkylation sites (tertiary alicyclic amines) is 1. The van der Waals surface area contributed by atoms with Crippen LogP contribution in [0.3, 0.4) is 0 Å². The van der Waals surface area contributed by atoms with Gasteiger partial charge in [0.15, 0.2) is 0 Å². The van der Waals surface area contributed by atoms with Crippen molar-refractivity contribution in [2.45, 2.75) is 26.2 Å². The maximum absolute atomic E-state index is 12.9. The van der Waals surface area contributed by atoms with Crippen LogP contribution in [-0.4, -0.2) is 52.9 Å². The minimum Gasteiger partial charge on any atom is -0.494 e. The fraction of sp³-hybridized carbons (Fsp3) is 0.435. The van der Waals surface area contributed by atoms with Gasteiger partial charge in [0.25, 0.3) is 0 Å². The Labute approximate surface area is 177 Å². The summed E-state index contributed by atoms with van der Waals surface area (Å²) in [5, 5.41) is 4.10. The number of carbonyl (C=O) groups is 2. The first kappa shape index (κ1) is 21.6. The number of hydrogen-bond donors (Lipinski definition) is 0. The summed E-state index contributed by atoms with van der Waals surface area (Å²) in [6, 6.07) is 9.52. The van der Waals surface area contributed by atoms with Crippen LogP contribution in [0.15, 0.2) is 48.8 Å². The molecule has 0 bridgehead atoms. The smallest absolute Gasteiger partial charge is 0.314 e. The molecule has 1 atom stereocenters. The predicted molar refractivity (Wildman–Crippen MR) is 114 cm³/mol. The average Bonchev–Trinajstić information content (AvgIpc) is 3.18. The topological polar surface area (TPSA) is 73.7 Å². The van der Waals surface area contributed by atoms with Gasteiger partial charge in [0.2, 0.25) is 5.91 Å². The molecule has 7 nitrogen and oxygen atoms in total. The summed E-state index contributed by atoms with van der Waals surface area (Å²) in [4.78, 5) is 27.4. The molecule has 7 heteroatoms. The molecule has 0 N–H and O–H groups in total. The molecule has 0 aliphatic carbocycles. The highest BCUT2D eigenvalue weighted by atomic mass is 16.5. The van der Waals surface area contributed by atoms with E-state index in [1.165, 1.54) is 0 Å². The monoisotopic (exact) mass is 411 g/mol. The molecule has 0 unspecified atom stereocenters. The third-order valence-corrected chi connectivity index (χ3v) is 5.33. The first-order valence-corrected chi connectivity index (χ1v) is 10.3. The molecule has 0 spiro atoms. The van der Waals surface area contributed by atoms with Crippen molar-refractivity contribution in [2.24, 2.45) is 12.5 Å². The molecular formula is C23H29N3O4. The Kier molecular flexibility index (Phi) is 7.27. The molecule has 30 heavy (non-hydrogen) atoms. The zero-order valence-corrected chi connectivity index (χ0v) is 17.6. The zero-order chi connectivity index (χ0) is 21.4. The molecule has 2 heterocycles. The van der Waals surface area contributed by atoms with Crippen molar-refractivity contribution >= 4 is 18.0 Å². The molecule has 1 amide bonds. The lowest BCUT2D eigenvalue weighted by Crippen LogP contribution is -2.50. The van der Waals surface area contributed by atoms with Crippen LogP contribution in [0, 0.1) is 5.41 Å². The van der Waals surface area contributed by atoms with Crippen molar-refractivity contribution in [1.82, 2.24) is 14.7 Å². The molecule has 1 aromatic carbocycles. The Morgan fingerprint density at radius 3 is 2.77 bits per heavy atom.